The zero-order valence-electron chi connectivity index (χ0n) is 42.5. The van der Waals surface area contributed by atoms with Crippen LogP contribution in [0.5, 0.6) is 0 Å². The molecule has 0 aromatic rings. The van der Waals surface area contributed by atoms with Crippen LogP contribution in [-0.4, -0.2) is 227 Å². The number of carboxylic acid groups (broad SMARTS) is 4. The van der Waals surface area contributed by atoms with Gasteiger partial charge in [0.05, 0.1) is 0 Å². The van der Waals surface area contributed by atoms with Crippen molar-refractivity contribution in [3.05, 3.63) is 0 Å². The maximum Gasteiger partial charge on any atom is 0.337 e. The summed E-state index contributed by atoms with van der Waals surface area (Å²) in [6.45, 7) is 7.92. The van der Waals surface area contributed by atoms with Crippen molar-refractivity contribution in [2.24, 2.45) is 0 Å². The zero-order chi connectivity index (χ0) is 58.1. The normalized spacial score (nSPS) is 34.7. The number of esters is 5. The van der Waals surface area contributed by atoms with E-state index in [0.29, 0.717) is 0 Å². The Morgan fingerprint density at radius 1 is 0.312 bits per heavy atom. The minimum absolute atomic E-state index is 0.789. The molecule has 0 saturated carbocycles. The molecule has 430 valence electrons. The van der Waals surface area contributed by atoms with Crippen LogP contribution in [0.4, 0.5) is 0 Å². The van der Waals surface area contributed by atoms with Gasteiger partial charge in [-0.05, 0) is 0 Å². The molecule has 20 atom stereocenters. The van der Waals surface area contributed by atoms with Gasteiger partial charge in [-0.25, -0.2) is 19.2 Å². The second-order valence-corrected chi connectivity index (χ2v) is 17.4. The van der Waals surface area contributed by atoms with E-state index in [4.69, 9.17) is 61.6 Å². The smallest absolute Gasteiger partial charge is 0.337 e. The SMILES string of the molecule is CO[C@H]1O[C@H](C(=O)O)[C@H](O[C@H]2O[C@H](C(=O)O)[C@H](O[C@H]3O[C@H](C(=O)O)[C@H](O[C@H]4O[C@H](C(=O)O)[C@H](OC(C)=O)[C@H](OC(C)=O)[C@H]4NC(C)=O)[C@H](OC(C)=O)[C@H]3NC(C)=O)[C@H](OC(C)=O)[C@H]2NC(C)=O)[C@H](OC(C)=O)[C@H]1NC(C)=O. The summed E-state index contributed by atoms with van der Waals surface area (Å²) >= 11 is 0. The molecule has 34 heteroatoms. The number of carboxylic acids is 4. The van der Waals surface area contributed by atoms with Crippen molar-refractivity contribution in [3.8, 4) is 0 Å². The Morgan fingerprint density at radius 2 is 0.506 bits per heavy atom. The maximum absolute atomic E-state index is 13.3. The first-order valence-corrected chi connectivity index (χ1v) is 22.8. The van der Waals surface area contributed by atoms with Crippen LogP contribution < -0.4 is 21.3 Å². The third-order valence-electron chi connectivity index (χ3n) is 11.3. The Balaban J connectivity index is 1.91. The highest BCUT2D eigenvalue weighted by Crippen LogP contribution is 2.38. The van der Waals surface area contributed by atoms with Crippen molar-refractivity contribution in [1.29, 1.82) is 0 Å². The summed E-state index contributed by atoms with van der Waals surface area (Å²) in [6, 6.07) is -7.62. The number of methoxy groups -OCH3 is 1. The molecule has 4 rings (SSSR count). The Labute approximate surface area is 434 Å². The van der Waals surface area contributed by atoms with Crippen LogP contribution in [0.2, 0.25) is 0 Å². The molecule has 0 unspecified atom stereocenters. The fourth-order valence-corrected chi connectivity index (χ4v) is 8.80. The summed E-state index contributed by atoms with van der Waals surface area (Å²) in [6.07, 6.45) is -35.6. The van der Waals surface area contributed by atoms with E-state index in [1.54, 1.807) is 0 Å². The number of hydrogen-bond donors (Lipinski definition) is 8. The predicted octanol–water partition coefficient (Wildman–Crippen LogP) is -5.30. The molecular weight excluding hydrogens is 1050 g/mol. The van der Waals surface area contributed by atoms with Gasteiger partial charge in [0.2, 0.25) is 23.6 Å². The van der Waals surface area contributed by atoms with Gasteiger partial charge in [-0.2, -0.15) is 0 Å². The van der Waals surface area contributed by atoms with Gasteiger partial charge in [0.1, 0.15) is 42.5 Å². The van der Waals surface area contributed by atoms with E-state index < -0.39 is 200 Å². The summed E-state index contributed by atoms with van der Waals surface area (Å²) < 4.78 is 73.2. The largest absolute Gasteiger partial charge is 0.479 e. The number of carbonyl (C=O) groups is 13. The van der Waals surface area contributed by atoms with E-state index >= 15 is 0 Å². The van der Waals surface area contributed by atoms with Gasteiger partial charge in [-0.1, -0.05) is 0 Å². The van der Waals surface area contributed by atoms with Gasteiger partial charge < -0.3 is 103 Å². The molecule has 4 aliphatic heterocycles. The minimum atomic E-state index is -2.58. The quantitative estimate of drug-likeness (QED) is 0.0417. The molecule has 0 aromatic carbocycles. The number of carbonyl (C=O) groups excluding carboxylic acids is 9. The summed E-state index contributed by atoms with van der Waals surface area (Å²) in [5.41, 5.74) is 0. The fraction of sp³-hybridized carbons (Fsp3) is 0.698. The molecular formula is C43H58N4O30. The number of amides is 4. The Bertz CT molecular complexity index is 2300. The molecule has 34 nitrogen and oxygen atoms in total. The highest BCUT2D eigenvalue weighted by atomic mass is 16.8. The van der Waals surface area contributed by atoms with Crippen LogP contribution >= 0.6 is 0 Å². The molecule has 0 aromatic heterocycles. The summed E-state index contributed by atoms with van der Waals surface area (Å²) in [7, 11) is 1.05. The van der Waals surface area contributed by atoms with Crippen LogP contribution in [0.1, 0.15) is 62.3 Å². The Kier molecular flexibility index (Phi) is 21.6. The highest BCUT2D eigenvalue weighted by Gasteiger charge is 2.62. The standard InChI is InChI=1S/C43H58N4O30/c1-11(48)44-20-24(66-15(5)52)29(33(37(59)60)74-40(20)65-10)71-42-22(46-13(3)50)26(68-17(7)54)31(35(76-42)39(63)64)73-43-23(47-14(4)51)27(69-18(8)55)30(34(77-43)38(61)62)72-41-21(45-12(2)49)25(67-16(6)53)28(70-19(9)56)32(75-41)36(57)58/h20-35,40-43H,1-10H3,(H,44,48)(H,45,49)(H,46,50)(H,47,51)(H,57,58)(H,59,60)(H,61,62)(H,63,64)/t20-,21-,22-,23-,24-,25-,26-,27-,28-,29-,30-,31-,32+,33+,34+,35+,40+,41+,42+,43+/m1/s1. The molecule has 0 radical (unpaired) electrons. The van der Waals surface area contributed by atoms with Gasteiger partial charge in [0.15, 0.2) is 80.1 Å². The topological polar surface area (TPSA) is 471 Å². The van der Waals surface area contributed by atoms with Gasteiger partial charge in [0, 0.05) is 69.4 Å². The van der Waals surface area contributed by atoms with Crippen molar-refractivity contribution in [1.82, 2.24) is 21.3 Å². The second-order valence-electron chi connectivity index (χ2n) is 17.4. The molecule has 77 heavy (non-hydrogen) atoms. The Morgan fingerprint density at radius 3 is 0.714 bits per heavy atom. The van der Waals surface area contributed by atoms with Crippen LogP contribution in [-0.2, 0) is 124 Å². The number of ether oxygens (including phenoxy) is 13. The molecule has 0 bridgehead atoms. The number of hydrogen-bond acceptors (Lipinski definition) is 26. The second kappa shape index (κ2) is 26.7. The first-order chi connectivity index (χ1) is 35.9. The van der Waals surface area contributed by atoms with Gasteiger partial charge in [-0.15, -0.1) is 0 Å². The molecule has 0 aliphatic carbocycles. The van der Waals surface area contributed by atoms with Crippen molar-refractivity contribution >= 4 is 77.4 Å². The molecule has 4 heterocycles. The van der Waals surface area contributed by atoms with Crippen molar-refractivity contribution < 1.29 is 144 Å². The van der Waals surface area contributed by atoms with Gasteiger partial charge in [0.25, 0.3) is 0 Å². The predicted molar refractivity (Wildman–Crippen MR) is 235 cm³/mol. The van der Waals surface area contributed by atoms with E-state index in [2.05, 4.69) is 21.3 Å². The van der Waals surface area contributed by atoms with Gasteiger partial charge >= 0.3 is 53.7 Å². The first kappa shape index (κ1) is 62.3. The van der Waals surface area contributed by atoms with E-state index in [1.807, 2.05) is 0 Å². The number of aliphatic carboxylic acids is 4. The third kappa shape index (κ3) is 15.9. The van der Waals surface area contributed by atoms with Crippen molar-refractivity contribution in [2.45, 2.75) is 185 Å². The van der Waals surface area contributed by atoms with E-state index in [-0.39, 0.29) is 0 Å². The Hall–Kier alpha value is -7.21. The first-order valence-electron chi connectivity index (χ1n) is 22.8. The van der Waals surface area contributed by atoms with Gasteiger partial charge in [-0.3, -0.25) is 43.2 Å². The molecule has 4 amide bonds. The monoisotopic (exact) mass is 1110 g/mol. The van der Waals surface area contributed by atoms with Crippen molar-refractivity contribution in [2.75, 3.05) is 7.11 Å². The summed E-state index contributed by atoms with van der Waals surface area (Å²) in [4.78, 5) is 166. The lowest BCUT2D eigenvalue weighted by Gasteiger charge is -2.51. The minimum Gasteiger partial charge on any atom is -0.479 e. The van der Waals surface area contributed by atoms with E-state index in [0.717, 1.165) is 69.4 Å². The molecule has 4 fully saturated rings. The molecule has 0 spiro atoms. The maximum atomic E-state index is 13.3. The number of nitrogens with one attached hydrogen (secondary N) is 4. The van der Waals surface area contributed by atoms with Crippen LogP contribution in [0.3, 0.4) is 0 Å². The van der Waals surface area contributed by atoms with Crippen LogP contribution in [0.15, 0.2) is 0 Å². The third-order valence-corrected chi connectivity index (χ3v) is 11.3. The fourth-order valence-electron chi connectivity index (χ4n) is 8.80. The lowest BCUT2D eigenvalue weighted by Crippen LogP contribution is -2.73. The molecule has 4 aliphatic rings. The zero-order valence-corrected chi connectivity index (χ0v) is 42.5. The number of rotatable bonds is 20. The average Bonchev–Trinajstić information content (AvgIpc) is 3.28. The van der Waals surface area contributed by atoms with Crippen LogP contribution in [0.25, 0.3) is 0 Å². The lowest BCUT2D eigenvalue weighted by atomic mass is 9.92. The van der Waals surface area contributed by atoms with Crippen molar-refractivity contribution in [3.63, 3.8) is 0 Å². The average molecular weight is 1110 g/mol. The van der Waals surface area contributed by atoms with Crippen LogP contribution in [0, 0.1) is 0 Å². The highest BCUT2D eigenvalue weighted by molar-refractivity contribution is 5.79. The molecule has 4 saturated heterocycles. The molecule has 8 N–H and O–H groups in total. The lowest BCUT2D eigenvalue weighted by molar-refractivity contribution is -0.353. The van der Waals surface area contributed by atoms with E-state index in [1.165, 1.54) is 0 Å². The summed E-state index contributed by atoms with van der Waals surface area (Å²) in [5.74, 6) is -17.4. The summed E-state index contributed by atoms with van der Waals surface area (Å²) in [5, 5.41) is 51.3. The van der Waals surface area contributed by atoms with E-state index in [9.17, 15) is 82.8 Å².